The summed E-state index contributed by atoms with van der Waals surface area (Å²) in [5.41, 5.74) is 1.16. The van der Waals surface area contributed by atoms with E-state index in [1.165, 1.54) is 10.8 Å². The van der Waals surface area contributed by atoms with Gasteiger partial charge in [-0.1, -0.05) is 42.5 Å². The number of nitrogens with zero attached hydrogens (tertiary/aromatic N) is 4. The lowest BCUT2D eigenvalue weighted by atomic mass is 9.98. The summed E-state index contributed by atoms with van der Waals surface area (Å²) in [5, 5.41) is 9.87. The molecule has 2 amide bonds. The van der Waals surface area contributed by atoms with Crippen LogP contribution in [0.15, 0.2) is 55.1 Å². The molecule has 1 N–H and O–H groups in total. The van der Waals surface area contributed by atoms with E-state index in [0.717, 1.165) is 31.2 Å². The van der Waals surface area contributed by atoms with Crippen molar-refractivity contribution < 1.29 is 4.79 Å². The molecule has 6 heteroatoms. The molecule has 2 aliphatic rings. The average Bonchev–Trinajstić information content (AvgIpc) is 3.33. The molecule has 2 atom stereocenters. The fourth-order valence-electron chi connectivity index (χ4n) is 4.81. The number of piperidine rings is 1. The first-order valence-corrected chi connectivity index (χ1v) is 9.66. The van der Waals surface area contributed by atoms with Gasteiger partial charge in [0.1, 0.15) is 12.7 Å². The highest BCUT2D eigenvalue weighted by Gasteiger charge is 2.43. The normalized spacial score (nSPS) is 24.3. The molecule has 2 aliphatic heterocycles. The lowest BCUT2D eigenvalue weighted by Gasteiger charge is -2.38. The Kier molecular flexibility index (Phi) is 4.03. The van der Waals surface area contributed by atoms with Crippen LogP contribution >= 0.6 is 0 Å². The second kappa shape index (κ2) is 6.68. The van der Waals surface area contributed by atoms with Crippen molar-refractivity contribution >= 4 is 16.8 Å². The topological polar surface area (TPSA) is 63.1 Å². The number of rotatable bonds is 3. The molecule has 0 saturated carbocycles. The van der Waals surface area contributed by atoms with Gasteiger partial charge < -0.3 is 10.2 Å². The van der Waals surface area contributed by atoms with Crippen LogP contribution in [0.3, 0.4) is 0 Å². The van der Waals surface area contributed by atoms with E-state index in [9.17, 15) is 4.79 Å². The molecule has 2 fully saturated rings. The van der Waals surface area contributed by atoms with Crippen molar-refractivity contribution in [3.8, 4) is 0 Å². The van der Waals surface area contributed by atoms with Gasteiger partial charge in [0, 0.05) is 18.6 Å². The van der Waals surface area contributed by atoms with Crippen molar-refractivity contribution in [3.05, 3.63) is 60.7 Å². The third kappa shape index (κ3) is 2.95. The van der Waals surface area contributed by atoms with Crippen LogP contribution in [0.25, 0.3) is 10.8 Å². The fraction of sp³-hybridized carbons (Fsp3) is 0.381. The van der Waals surface area contributed by atoms with Crippen molar-refractivity contribution in [2.75, 3.05) is 0 Å². The fourth-order valence-corrected chi connectivity index (χ4v) is 4.81. The van der Waals surface area contributed by atoms with Gasteiger partial charge in [-0.2, -0.15) is 5.10 Å². The molecule has 27 heavy (non-hydrogen) atoms. The van der Waals surface area contributed by atoms with Crippen molar-refractivity contribution in [2.24, 2.45) is 0 Å². The van der Waals surface area contributed by atoms with E-state index in [-0.39, 0.29) is 6.03 Å². The Morgan fingerprint density at radius 2 is 1.81 bits per heavy atom. The number of fused-ring (bicyclic) bond motifs is 3. The minimum Gasteiger partial charge on any atom is -0.334 e. The molecule has 138 valence electrons. The van der Waals surface area contributed by atoms with Gasteiger partial charge in [-0.05, 0) is 42.0 Å². The molecule has 2 bridgehead atoms. The highest BCUT2D eigenvalue weighted by Crippen LogP contribution is 2.40. The highest BCUT2D eigenvalue weighted by atomic mass is 16.2. The summed E-state index contributed by atoms with van der Waals surface area (Å²) in [5.74, 6) is 0. The summed E-state index contributed by atoms with van der Waals surface area (Å²) in [6.07, 6.45) is 7.46. The molecule has 3 aromatic rings. The third-order valence-electron chi connectivity index (χ3n) is 6.06. The van der Waals surface area contributed by atoms with E-state index < -0.39 is 0 Å². The SMILES string of the molecule is O=C(NCc1cccc2ccccc12)N1C2CCC1CC(n1cncn1)C2. The van der Waals surface area contributed by atoms with Gasteiger partial charge in [0.2, 0.25) is 0 Å². The van der Waals surface area contributed by atoms with Gasteiger partial charge in [-0.3, -0.25) is 0 Å². The predicted octanol–water partition coefficient (Wildman–Crippen LogP) is 3.51. The summed E-state index contributed by atoms with van der Waals surface area (Å²) in [6, 6.07) is 15.6. The molecule has 2 aromatic carbocycles. The number of nitrogens with one attached hydrogen (secondary N) is 1. The monoisotopic (exact) mass is 361 g/mol. The van der Waals surface area contributed by atoms with Gasteiger partial charge in [-0.15, -0.1) is 0 Å². The first-order valence-electron chi connectivity index (χ1n) is 9.66. The summed E-state index contributed by atoms with van der Waals surface area (Å²) in [7, 11) is 0. The van der Waals surface area contributed by atoms with E-state index in [4.69, 9.17) is 0 Å². The maximum absolute atomic E-state index is 12.9. The zero-order chi connectivity index (χ0) is 18.2. The van der Waals surface area contributed by atoms with E-state index in [2.05, 4.69) is 50.6 Å². The molecule has 3 heterocycles. The summed E-state index contributed by atoms with van der Waals surface area (Å²) < 4.78 is 1.96. The molecule has 6 nitrogen and oxygen atoms in total. The van der Waals surface area contributed by atoms with Gasteiger partial charge in [-0.25, -0.2) is 14.5 Å². The Hall–Kier alpha value is -2.89. The summed E-state index contributed by atoms with van der Waals surface area (Å²) in [6.45, 7) is 0.558. The minimum atomic E-state index is 0.0625. The second-order valence-corrected chi connectivity index (χ2v) is 7.59. The smallest absolute Gasteiger partial charge is 0.318 e. The highest BCUT2D eigenvalue weighted by molar-refractivity contribution is 5.86. The number of hydrogen-bond acceptors (Lipinski definition) is 3. The zero-order valence-electron chi connectivity index (χ0n) is 15.2. The number of carbonyl (C=O) groups excluding carboxylic acids is 1. The van der Waals surface area contributed by atoms with E-state index in [0.29, 0.717) is 24.7 Å². The Balaban J connectivity index is 1.28. The number of amides is 2. The Morgan fingerprint density at radius 3 is 2.59 bits per heavy atom. The molecule has 0 aliphatic carbocycles. The van der Waals surface area contributed by atoms with Crippen molar-refractivity contribution in [3.63, 3.8) is 0 Å². The molecule has 2 unspecified atom stereocenters. The van der Waals surface area contributed by atoms with Gasteiger partial charge in [0.25, 0.3) is 0 Å². The lowest BCUT2D eigenvalue weighted by Crippen LogP contribution is -2.50. The van der Waals surface area contributed by atoms with E-state index in [1.807, 2.05) is 16.8 Å². The first kappa shape index (κ1) is 16.3. The summed E-state index contributed by atoms with van der Waals surface area (Å²) >= 11 is 0. The van der Waals surface area contributed by atoms with E-state index in [1.54, 1.807) is 12.7 Å². The molecule has 5 rings (SSSR count). The van der Waals surface area contributed by atoms with Crippen LogP contribution in [0.2, 0.25) is 0 Å². The van der Waals surface area contributed by atoms with Crippen molar-refractivity contribution in [2.45, 2.75) is 50.4 Å². The van der Waals surface area contributed by atoms with Crippen LogP contribution in [0, 0.1) is 0 Å². The quantitative estimate of drug-likeness (QED) is 0.776. The van der Waals surface area contributed by atoms with Crippen LogP contribution in [-0.4, -0.2) is 37.8 Å². The van der Waals surface area contributed by atoms with Crippen LogP contribution in [0.5, 0.6) is 0 Å². The number of hydrogen-bond donors (Lipinski definition) is 1. The molecule has 0 spiro atoms. The lowest BCUT2D eigenvalue weighted by molar-refractivity contribution is 0.120. The van der Waals surface area contributed by atoms with Gasteiger partial charge >= 0.3 is 6.03 Å². The number of benzene rings is 2. The maximum Gasteiger partial charge on any atom is 0.318 e. The van der Waals surface area contributed by atoms with Crippen molar-refractivity contribution in [1.29, 1.82) is 0 Å². The maximum atomic E-state index is 12.9. The van der Waals surface area contributed by atoms with Crippen molar-refractivity contribution in [1.82, 2.24) is 25.0 Å². The molecular weight excluding hydrogens is 338 g/mol. The predicted molar refractivity (Wildman–Crippen MR) is 103 cm³/mol. The standard InChI is InChI=1S/C21H23N5O/c27-21(23-12-16-6-3-5-15-4-1-2-7-20(15)16)26-17-8-9-18(26)11-19(10-17)25-14-22-13-24-25/h1-7,13-14,17-19H,8-12H2,(H,23,27). The Bertz CT molecular complexity index is 935. The second-order valence-electron chi connectivity index (χ2n) is 7.59. The largest absolute Gasteiger partial charge is 0.334 e. The van der Waals surface area contributed by atoms with Crippen LogP contribution in [0.4, 0.5) is 4.79 Å². The number of aromatic nitrogens is 3. The molecule has 1 aromatic heterocycles. The minimum absolute atomic E-state index is 0.0625. The van der Waals surface area contributed by atoms with E-state index >= 15 is 0 Å². The van der Waals surface area contributed by atoms with Gasteiger partial charge in [0.05, 0.1) is 6.04 Å². The van der Waals surface area contributed by atoms with Crippen LogP contribution in [-0.2, 0) is 6.54 Å². The van der Waals surface area contributed by atoms with Gasteiger partial charge in [0.15, 0.2) is 0 Å². The zero-order valence-corrected chi connectivity index (χ0v) is 15.2. The molecular formula is C21H23N5O. The number of urea groups is 1. The van der Waals surface area contributed by atoms with Crippen LogP contribution in [0.1, 0.15) is 37.3 Å². The first-order chi connectivity index (χ1) is 13.3. The van der Waals surface area contributed by atoms with Crippen LogP contribution < -0.4 is 5.32 Å². The number of carbonyl (C=O) groups is 1. The Morgan fingerprint density at radius 1 is 1.04 bits per heavy atom. The average molecular weight is 361 g/mol. The summed E-state index contributed by atoms with van der Waals surface area (Å²) in [4.78, 5) is 19.1. The third-order valence-corrected chi connectivity index (χ3v) is 6.06. The molecule has 2 saturated heterocycles. The molecule has 0 radical (unpaired) electrons. The Labute approximate surface area is 158 Å².